The van der Waals surface area contributed by atoms with Crippen LogP contribution in [0.3, 0.4) is 0 Å². The Morgan fingerprint density at radius 2 is 1.87 bits per heavy atom. The number of carbonyl (C=O) groups is 1. The highest BCUT2D eigenvalue weighted by molar-refractivity contribution is 5.79. The van der Waals surface area contributed by atoms with Gasteiger partial charge in [0.2, 0.25) is 0 Å². The molecule has 0 aliphatic carbocycles. The molecule has 0 spiro atoms. The molecule has 0 fully saturated rings. The third-order valence-corrected chi connectivity index (χ3v) is 4.45. The Kier molecular flexibility index (Phi) is 5.21. The van der Waals surface area contributed by atoms with Gasteiger partial charge in [-0.3, -0.25) is 4.79 Å². The smallest absolute Gasteiger partial charge is 0.280 e. The van der Waals surface area contributed by atoms with Crippen LogP contribution in [0, 0.1) is 13.8 Å². The van der Waals surface area contributed by atoms with E-state index < -0.39 is 0 Å². The molecule has 0 aliphatic rings. The van der Waals surface area contributed by atoms with E-state index in [2.05, 4.69) is 31.2 Å². The number of para-hydroxylation sites is 1. The van der Waals surface area contributed by atoms with Crippen LogP contribution < -0.4 is 4.90 Å². The van der Waals surface area contributed by atoms with Crippen molar-refractivity contribution in [1.82, 2.24) is 14.7 Å². The van der Waals surface area contributed by atoms with Crippen LogP contribution in [0.5, 0.6) is 0 Å². The molecule has 0 radical (unpaired) electrons. The summed E-state index contributed by atoms with van der Waals surface area (Å²) < 4.78 is 1.98. The number of hydrogen-bond acceptors (Lipinski definition) is 2. The third kappa shape index (κ3) is 3.62. The first-order chi connectivity index (χ1) is 10.8. The minimum absolute atomic E-state index is 0.0797. The van der Waals surface area contributed by atoms with Gasteiger partial charge in [0.25, 0.3) is 5.91 Å². The molecule has 0 bridgehead atoms. The standard InChI is InChI=1S/C18H26N4O/c1-13-17(12-21(6)15(3)18(23)20(4)5)14(2)22(19-13)16-10-8-7-9-11-16/h7-11,15H,12H2,1-6H3/p+1/t15-/m0/s1. The van der Waals surface area contributed by atoms with Crippen LogP contribution >= 0.6 is 0 Å². The zero-order valence-electron chi connectivity index (χ0n) is 14.9. The molecule has 1 amide bonds. The molecule has 2 rings (SSSR count). The first-order valence-electron chi connectivity index (χ1n) is 7.97. The monoisotopic (exact) mass is 315 g/mol. The van der Waals surface area contributed by atoms with Gasteiger partial charge >= 0.3 is 0 Å². The van der Waals surface area contributed by atoms with Gasteiger partial charge < -0.3 is 9.80 Å². The fourth-order valence-corrected chi connectivity index (χ4v) is 2.78. The van der Waals surface area contributed by atoms with E-state index in [1.54, 1.807) is 19.0 Å². The van der Waals surface area contributed by atoms with E-state index in [-0.39, 0.29) is 11.9 Å². The first-order valence-corrected chi connectivity index (χ1v) is 7.97. The number of nitrogens with zero attached hydrogens (tertiary/aromatic N) is 3. The predicted octanol–water partition coefficient (Wildman–Crippen LogP) is 0.981. The average Bonchev–Trinajstić information content (AvgIpc) is 2.82. The summed E-state index contributed by atoms with van der Waals surface area (Å²) in [5.74, 6) is 0.147. The van der Waals surface area contributed by atoms with Gasteiger partial charge in [-0.15, -0.1) is 0 Å². The lowest BCUT2D eigenvalue weighted by molar-refractivity contribution is -0.908. The molecule has 1 heterocycles. The molecule has 5 heteroatoms. The van der Waals surface area contributed by atoms with Gasteiger partial charge in [-0.2, -0.15) is 5.10 Å². The van der Waals surface area contributed by atoms with Crippen molar-refractivity contribution in [3.8, 4) is 5.69 Å². The van der Waals surface area contributed by atoms with Crippen molar-refractivity contribution in [2.45, 2.75) is 33.4 Å². The van der Waals surface area contributed by atoms with E-state index in [4.69, 9.17) is 0 Å². The SMILES string of the molecule is Cc1nn(-c2ccccc2)c(C)c1C[NH+](C)[C@@H](C)C(=O)N(C)C. The lowest BCUT2D eigenvalue weighted by Gasteiger charge is -2.23. The highest BCUT2D eigenvalue weighted by Gasteiger charge is 2.25. The van der Waals surface area contributed by atoms with Crippen molar-refractivity contribution < 1.29 is 9.69 Å². The van der Waals surface area contributed by atoms with Crippen molar-refractivity contribution in [3.63, 3.8) is 0 Å². The highest BCUT2D eigenvalue weighted by Crippen LogP contribution is 2.17. The summed E-state index contributed by atoms with van der Waals surface area (Å²) >= 11 is 0. The van der Waals surface area contributed by atoms with Crippen LogP contribution in [0.2, 0.25) is 0 Å². The molecule has 0 saturated carbocycles. The van der Waals surface area contributed by atoms with Crippen molar-refractivity contribution >= 4 is 5.91 Å². The van der Waals surface area contributed by atoms with Gasteiger partial charge in [0, 0.05) is 14.1 Å². The minimum atomic E-state index is -0.0797. The zero-order chi connectivity index (χ0) is 17.1. The van der Waals surface area contributed by atoms with Crippen LogP contribution in [0.25, 0.3) is 5.69 Å². The number of hydrogen-bond donors (Lipinski definition) is 1. The Hall–Kier alpha value is -2.14. The lowest BCUT2D eigenvalue weighted by Crippen LogP contribution is -3.12. The van der Waals surface area contributed by atoms with Gasteiger partial charge in [0.15, 0.2) is 6.04 Å². The number of likely N-dealkylation sites (N-methyl/N-ethyl adjacent to an activating group) is 2. The van der Waals surface area contributed by atoms with Crippen LogP contribution in [-0.2, 0) is 11.3 Å². The highest BCUT2D eigenvalue weighted by atomic mass is 16.2. The summed E-state index contributed by atoms with van der Waals surface area (Å²) in [4.78, 5) is 15.0. The maximum absolute atomic E-state index is 12.2. The largest absolute Gasteiger partial charge is 0.344 e. The Morgan fingerprint density at radius 1 is 1.26 bits per heavy atom. The normalized spacial score (nSPS) is 13.7. The number of aryl methyl sites for hydroxylation is 1. The van der Waals surface area contributed by atoms with Crippen molar-refractivity contribution in [2.75, 3.05) is 21.1 Å². The van der Waals surface area contributed by atoms with Gasteiger partial charge in [-0.1, -0.05) is 18.2 Å². The Labute approximate surface area is 138 Å². The Balaban J connectivity index is 2.25. The number of aromatic nitrogens is 2. The maximum Gasteiger partial charge on any atom is 0.280 e. The molecule has 0 saturated heterocycles. The summed E-state index contributed by atoms with van der Waals surface area (Å²) in [6, 6.07) is 10.1. The fourth-order valence-electron chi connectivity index (χ4n) is 2.78. The number of carbonyl (C=O) groups excluding carboxylic acids is 1. The minimum Gasteiger partial charge on any atom is -0.344 e. The van der Waals surface area contributed by atoms with Crippen molar-refractivity contribution in [1.29, 1.82) is 0 Å². The molecule has 5 nitrogen and oxygen atoms in total. The average molecular weight is 315 g/mol. The van der Waals surface area contributed by atoms with E-state index in [1.165, 1.54) is 10.5 Å². The maximum atomic E-state index is 12.2. The second-order valence-electron chi connectivity index (χ2n) is 6.37. The molecule has 1 aromatic heterocycles. The quantitative estimate of drug-likeness (QED) is 0.894. The third-order valence-electron chi connectivity index (χ3n) is 4.45. The van der Waals surface area contributed by atoms with Gasteiger partial charge in [0.1, 0.15) is 6.54 Å². The second-order valence-corrected chi connectivity index (χ2v) is 6.37. The van der Waals surface area contributed by atoms with Gasteiger partial charge in [-0.25, -0.2) is 4.68 Å². The second kappa shape index (κ2) is 6.96. The number of rotatable bonds is 5. The Morgan fingerprint density at radius 3 is 2.43 bits per heavy atom. The first kappa shape index (κ1) is 17.2. The molecule has 2 atom stereocenters. The molecule has 1 aromatic carbocycles. The van der Waals surface area contributed by atoms with Gasteiger partial charge in [0.05, 0.1) is 29.7 Å². The molecule has 2 aromatic rings. The summed E-state index contributed by atoms with van der Waals surface area (Å²) in [7, 11) is 5.66. The molecular weight excluding hydrogens is 288 g/mol. The molecule has 1 unspecified atom stereocenters. The van der Waals surface area contributed by atoms with Crippen molar-refractivity contribution in [2.24, 2.45) is 0 Å². The summed E-state index contributed by atoms with van der Waals surface area (Å²) in [5.41, 5.74) is 4.44. The summed E-state index contributed by atoms with van der Waals surface area (Å²) in [6.07, 6.45) is 0. The summed E-state index contributed by atoms with van der Waals surface area (Å²) in [6.45, 7) is 6.89. The van der Waals surface area contributed by atoms with Crippen LogP contribution in [0.15, 0.2) is 30.3 Å². The molecule has 0 aliphatic heterocycles. The van der Waals surface area contributed by atoms with E-state index in [0.717, 1.165) is 23.6 Å². The number of benzene rings is 1. The zero-order valence-corrected chi connectivity index (χ0v) is 14.9. The summed E-state index contributed by atoms with van der Waals surface area (Å²) in [5, 5.41) is 4.68. The molecule has 1 N–H and O–H groups in total. The van der Waals surface area contributed by atoms with Crippen LogP contribution in [0.4, 0.5) is 0 Å². The topological polar surface area (TPSA) is 42.6 Å². The van der Waals surface area contributed by atoms with E-state index in [9.17, 15) is 4.79 Å². The number of amides is 1. The van der Waals surface area contributed by atoms with Crippen molar-refractivity contribution in [3.05, 3.63) is 47.3 Å². The molecule has 23 heavy (non-hydrogen) atoms. The molecule has 124 valence electrons. The number of nitrogens with one attached hydrogen (secondary N) is 1. The van der Waals surface area contributed by atoms with Gasteiger partial charge in [-0.05, 0) is 32.9 Å². The van der Waals surface area contributed by atoms with E-state index >= 15 is 0 Å². The molecular formula is C18H27N4O+. The number of quaternary nitrogens is 1. The lowest BCUT2D eigenvalue weighted by atomic mass is 10.1. The Bertz CT molecular complexity index is 676. The fraction of sp³-hybridized carbons (Fsp3) is 0.444. The van der Waals surface area contributed by atoms with E-state index in [0.29, 0.717) is 0 Å². The van der Waals surface area contributed by atoms with E-state index in [1.807, 2.05) is 36.7 Å². The van der Waals surface area contributed by atoms with Crippen LogP contribution in [-0.4, -0.2) is 47.8 Å². The van der Waals surface area contributed by atoms with Crippen LogP contribution in [0.1, 0.15) is 23.9 Å². The predicted molar refractivity (Wildman–Crippen MR) is 91.8 cm³/mol.